The van der Waals surface area contributed by atoms with E-state index in [1.807, 2.05) is 13.8 Å². The summed E-state index contributed by atoms with van der Waals surface area (Å²) < 4.78 is 16.0. The Morgan fingerprint density at radius 3 is 2.41 bits per heavy atom. The number of amides is 3. The van der Waals surface area contributed by atoms with E-state index in [1.165, 1.54) is 12.5 Å². The number of rotatable bonds is 9. The van der Waals surface area contributed by atoms with Crippen molar-refractivity contribution in [1.29, 1.82) is 0 Å². The molecule has 9 nitrogen and oxygen atoms in total. The SMILES string of the molecule is CCOc1ccc(C(=O)NCC(=O)NC2CCN(C(=O)c3ccoc3)CC2)cc1OCC. The molecule has 1 saturated heterocycles. The first-order valence-electron chi connectivity index (χ1n) is 10.8. The van der Waals surface area contributed by atoms with Crippen molar-refractivity contribution in [3.8, 4) is 11.5 Å². The van der Waals surface area contributed by atoms with E-state index in [-0.39, 0.29) is 30.3 Å². The Hall–Kier alpha value is -3.49. The van der Waals surface area contributed by atoms with Gasteiger partial charge in [-0.05, 0) is 51.0 Å². The highest BCUT2D eigenvalue weighted by Gasteiger charge is 2.25. The second kappa shape index (κ2) is 11.2. The fourth-order valence-corrected chi connectivity index (χ4v) is 3.53. The zero-order chi connectivity index (χ0) is 22.9. The first-order valence-corrected chi connectivity index (χ1v) is 10.8. The second-order valence-electron chi connectivity index (χ2n) is 7.36. The van der Waals surface area contributed by atoms with E-state index >= 15 is 0 Å². The maximum absolute atomic E-state index is 12.5. The van der Waals surface area contributed by atoms with Gasteiger partial charge < -0.3 is 29.4 Å². The average Bonchev–Trinajstić information content (AvgIpc) is 3.34. The molecule has 32 heavy (non-hydrogen) atoms. The highest BCUT2D eigenvalue weighted by atomic mass is 16.5. The van der Waals surface area contributed by atoms with Gasteiger partial charge >= 0.3 is 0 Å². The van der Waals surface area contributed by atoms with Crippen molar-refractivity contribution in [2.75, 3.05) is 32.8 Å². The number of carbonyl (C=O) groups is 3. The monoisotopic (exact) mass is 443 g/mol. The molecule has 2 aromatic rings. The van der Waals surface area contributed by atoms with Crippen LogP contribution in [-0.2, 0) is 4.79 Å². The number of hydrogen-bond donors (Lipinski definition) is 2. The van der Waals surface area contributed by atoms with Crippen LogP contribution in [-0.4, -0.2) is 61.5 Å². The van der Waals surface area contributed by atoms with Crippen LogP contribution in [0.3, 0.4) is 0 Å². The smallest absolute Gasteiger partial charge is 0.257 e. The van der Waals surface area contributed by atoms with Gasteiger partial charge in [0.1, 0.15) is 6.26 Å². The summed E-state index contributed by atoms with van der Waals surface area (Å²) in [6, 6.07) is 6.52. The summed E-state index contributed by atoms with van der Waals surface area (Å²) in [4.78, 5) is 38.8. The molecule has 9 heteroatoms. The molecule has 0 atom stereocenters. The molecule has 0 radical (unpaired) electrons. The summed E-state index contributed by atoms with van der Waals surface area (Å²) in [7, 11) is 0. The predicted octanol–water partition coefficient (Wildman–Crippen LogP) is 2.23. The Kier molecular flexibility index (Phi) is 8.13. The van der Waals surface area contributed by atoms with Crippen LogP contribution in [0, 0.1) is 0 Å². The molecule has 1 aromatic heterocycles. The lowest BCUT2D eigenvalue weighted by Crippen LogP contribution is -2.48. The number of carbonyl (C=O) groups excluding carboxylic acids is 3. The molecule has 2 heterocycles. The topological polar surface area (TPSA) is 110 Å². The van der Waals surface area contributed by atoms with Gasteiger partial charge in [-0.3, -0.25) is 14.4 Å². The number of likely N-dealkylation sites (tertiary alicyclic amines) is 1. The Balaban J connectivity index is 1.44. The van der Waals surface area contributed by atoms with E-state index in [2.05, 4.69) is 10.6 Å². The molecule has 0 saturated carbocycles. The summed E-state index contributed by atoms with van der Waals surface area (Å²) >= 11 is 0. The number of benzene rings is 1. The van der Waals surface area contributed by atoms with Crippen LogP contribution < -0.4 is 20.1 Å². The van der Waals surface area contributed by atoms with Crippen LogP contribution in [0.15, 0.2) is 41.2 Å². The number of nitrogens with zero attached hydrogens (tertiary/aromatic N) is 1. The van der Waals surface area contributed by atoms with Crippen LogP contribution in [0.4, 0.5) is 0 Å². The summed E-state index contributed by atoms with van der Waals surface area (Å²) in [5.74, 6) is 0.348. The highest BCUT2D eigenvalue weighted by Crippen LogP contribution is 2.28. The van der Waals surface area contributed by atoms with Gasteiger partial charge in [0.2, 0.25) is 5.91 Å². The standard InChI is InChI=1S/C23H29N3O6/c1-3-31-19-6-5-16(13-20(19)32-4-2)22(28)24-14-21(27)25-18-7-10-26(11-8-18)23(29)17-9-12-30-15-17/h5-6,9,12-13,15,18H,3-4,7-8,10-11,14H2,1-2H3,(H,24,28)(H,25,27). The third kappa shape index (κ3) is 6.03. The lowest BCUT2D eigenvalue weighted by Gasteiger charge is -2.32. The van der Waals surface area contributed by atoms with Gasteiger partial charge in [0.25, 0.3) is 11.8 Å². The zero-order valence-electron chi connectivity index (χ0n) is 18.4. The van der Waals surface area contributed by atoms with Crippen LogP contribution in [0.2, 0.25) is 0 Å². The van der Waals surface area contributed by atoms with Gasteiger partial charge in [0, 0.05) is 24.7 Å². The van der Waals surface area contributed by atoms with E-state index in [1.54, 1.807) is 29.2 Å². The maximum Gasteiger partial charge on any atom is 0.257 e. The molecular weight excluding hydrogens is 414 g/mol. The lowest BCUT2D eigenvalue weighted by molar-refractivity contribution is -0.121. The van der Waals surface area contributed by atoms with E-state index in [9.17, 15) is 14.4 Å². The Morgan fingerprint density at radius 2 is 1.75 bits per heavy atom. The van der Waals surface area contributed by atoms with Gasteiger partial charge in [0.05, 0.1) is 31.6 Å². The van der Waals surface area contributed by atoms with Crippen LogP contribution in [0.25, 0.3) is 0 Å². The fourth-order valence-electron chi connectivity index (χ4n) is 3.53. The molecule has 0 bridgehead atoms. The maximum atomic E-state index is 12.5. The number of nitrogens with one attached hydrogen (secondary N) is 2. The van der Waals surface area contributed by atoms with Crippen molar-refractivity contribution in [1.82, 2.24) is 15.5 Å². The molecule has 3 amide bonds. The largest absolute Gasteiger partial charge is 0.490 e. The van der Waals surface area contributed by atoms with Gasteiger partial charge in [0.15, 0.2) is 11.5 Å². The molecule has 0 spiro atoms. The van der Waals surface area contributed by atoms with Crippen molar-refractivity contribution in [2.24, 2.45) is 0 Å². The van der Waals surface area contributed by atoms with E-state index in [0.717, 1.165) is 0 Å². The van der Waals surface area contributed by atoms with Gasteiger partial charge in [-0.1, -0.05) is 0 Å². The van der Waals surface area contributed by atoms with Gasteiger partial charge in [-0.2, -0.15) is 0 Å². The Bertz CT molecular complexity index is 920. The summed E-state index contributed by atoms with van der Waals surface area (Å²) in [5, 5.41) is 5.55. The van der Waals surface area contributed by atoms with E-state index < -0.39 is 0 Å². The second-order valence-corrected chi connectivity index (χ2v) is 7.36. The summed E-state index contributed by atoms with van der Waals surface area (Å²) in [6.45, 7) is 5.62. The highest BCUT2D eigenvalue weighted by molar-refractivity contribution is 5.97. The molecule has 1 aliphatic heterocycles. The van der Waals surface area contributed by atoms with Crippen LogP contribution in [0.1, 0.15) is 47.4 Å². The number of piperidine rings is 1. The van der Waals surface area contributed by atoms with Crippen molar-refractivity contribution >= 4 is 17.7 Å². The zero-order valence-corrected chi connectivity index (χ0v) is 18.4. The molecule has 1 aliphatic rings. The summed E-state index contributed by atoms with van der Waals surface area (Å²) in [6.07, 6.45) is 4.21. The van der Waals surface area contributed by atoms with Gasteiger partial charge in [-0.25, -0.2) is 0 Å². The first kappa shape index (κ1) is 23.2. The van der Waals surface area contributed by atoms with Crippen molar-refractivity contribution in [2.45, 2.75) is 32.7 Å². The molecular formula is C23H29N3O6. The minimum Gasteiger partial charge on any atom is -0.490 e. The third-order valence-electron chi connectivity index (χ3n) is 5.13. The van der Waals surface area contributed by atoms with Crippen molar-refractivity contribution < 1.29 is 28.3 Å². The quantitative estimate of drug-likeness (QED) is 0.615. The molecule has 172 valence electrons. The Labute approximate surface area is 187 Å². The predicted molar refractivity (Wildman–Crippen MR) is 117 cm³/mol. The molecule has 0 unspecified atom stereocenters. The van der Waals surface area contributed by atoms with E-state index in [4.69, 9.17) is 13.9 Å². The van der Waals surface area contributed by atoms with Crippen LogP contribution >= 0.6 is 0 Å². The molecule has 1 fully saturated rings. The number of furan rings is 1. The minimum atomic E-state index is -0.371. The summed E-state index contributed by atoms with van der Waals surface area (Å²) in [5.41, 5.74) is 0.910. The number of hydrogen-bond acceptors (Lipinski definition) is 6. The molecule has 0 aliphatic carbocycles. The normalized spacial score (nSPS) is 14.0. The minimum absolute atomic E-state index is 0.0390. The average molecular weight is 444 g/mol. The van der Waals surface area contributed by atoms with Crippen molar-refractivity contribution in [3.63, 3.8) is 0 Å². The first-order chi connectivity index (χ1) is 15.5. The molecule has 1 aromatic carbocycles. The fraction of sp³-hybridized carbons (Fsp3) is 0.435. The van der Waals surface area contributed by atoms with Crippen molar-refractivity contribution in [3.05, 3.63) is 47.9 Å². The van der Waals surface area contributed by atoms with E-state index in [0.29, 0.717) is 61.8 Å². The Morgan fingerprint density at radius 1 is 1.03 bits per heavy atom. The molecule has 2 N–H and O–H groups in total. The third-order valence-corrected chi connectivity index (χ3v) is 5.13. The lowest BCUT2D eigenvalue weighted by atomic mass is 10.0. The van der Waals surface area contributed by atoms with Crippen LogP contribution in [0.5, 0.6) is 11.5 Å². The number of ether oxygens (including phenoxy) is 2. The molecule has 3 rings (SSSR count). The van der Waals surface area contributed by atoms with Gasteiger partial charge in [-0.15, -0.1) is 0 Å².